The molecule has 0 aliphatic carbocycles. The Bertz CT molecular complexity index is 753. The lowest BCUT2D eigenvalue weighted by Crippen LogP contribution is -2.31. The SMILES string of the molecule is CCc1c(C)sc2n1cc(-c1ccc(C)cc1)[n+]2CCl. The van der Waals surface area contributed by atoms with Crippen LogP contribution in [0, 0.1) is 13.8 Å². The zero-order valence-electron chi connectivity index (χ0n) is 12.0. The van der Waals surface area contributed by atoms with Crippen LogP contribution in [-0.2, 0) is 12.4 Å². The summed E-state index contributed by atoms with van der Waals surface area (Å²) in [6.07, 6.45) is 3.25. The summed E-state index contributed by atoms with van der Waals surface area (Å²) >= 11 is 8.01. The molecular weight excluding hydrogens is 288 g/mol. The van der Waals surface area contributed by atoms with Crippen LogP contribution < -0.4 is 4.57 Å². The Morgan fingerprint density at radius 3 is 2.50 bits per heavy atom. The van der Waals surface area contributed by atoms with Crippen LogP contribution in [0.4, 0.5) is 0 Å². The number of hydrogen-bond acceptors (Lipinski definition) is 1. The zero-order valence-corrected chi connectivity index (χ0v) is 13.6. The van der Waals surface area contributed by atoms with Crippen LogP contribution in [0.5, 0.6) is 0 Å². The van der Waals surface area contributed by atoms with Crippen molar-refractivity contribution in [3.63, 3.8) is 0 Å². The van der Waals surface area contributed by atoms with Gasteiger partial charge in [0.15, 0.2) is 11.7 Å². The van der Waals surface area contributed by atoms with Gasteiger partial charge in [0.05, 0.1) is 4.88 Å². The van der Waals surface area contributed by atoms with Gasteiger partial charge in [-0.25, -0.2) is 0 Å². The summed E-state index contributed by atoms with van der Waals surface area (Å²) < 4.78 is 4.47. The minimum atomic E-state index is 0.475. The van der Waals surface area contributed by atoms with E-state index in [4.69, 9.17) is 11.6 Å². The lowest BCUT2D eigenvalue weighted by Gasteiger charge is -1.99. The van der Waals surface area contributed by atoms with Gasteiger partial charge in [-0.3, -0.25) is 0 Å². The highest BCUT2D eigenvalue weighted by Gasteiger charge is 2.24. The highest BCUT2D eigenvalue weighted by Crippen LogP contribution is 2.26. The molecular formula is C16H18ClN2S+. The summed E-state index contributed by atoms with van der Waals surface area (Å²) in [4.78, 5) is 2.58. The minimum Gasteiger partial charge on any atom is -0.200 e. The van der Waals surface area contributed by atoms with Gasteiger partial charge >= 0.3 is 4.96 Å². The molecule has 3 aromatic rings. The summed E-state index contributed by atoms with van der Waals surface area (Å²) in [6, 6.07) is 9.09. The van der Waals surface area contributed by atoms with Crippen molar-refractivity contribution >= 4 is 27.9 Å². The molecule has 1 aromatic carbocycles. The third-order valence-corrected chi connectivity index (χ3v) is 5.10. The van der Waals surface area contributed by atoms with Crippen molar-refractivity contribution in [1.29, 1.82) is 0 Å². The Hall–Kier alpha value is -1.32. The number of aromatic nitrogens is 2. The van der Waals surface area contributed by atoms with E-state index in [9.17, 15) is 0 Å². The second kappa shape index (κ2) is 5.23. The van der Waals surface area contributed by atoms with E-state index < -0.39 is 0 Å². The Balaban J connectivity index is 2.25. The first kappa shape index (κ1) is 13.7. The van der Waals surface area contributed by atoms with Gasteiger partial charge in [0.2, 0.25) is 0 Å². The van der Waals surface area contributed by atoms with E-state index in [0.717, 1.165) is 6.42 Å². The number of halogens is 1. The molecule has 2 heterocycles. The Labute approximate surface area is 128 Å². The molecule has 0 atom stereocenters. The van der Waals surface area contributed by atoms with Crippen molar-refractivity contribution in [3.8, 4) is 11.3 Å². The van der Waals surface area contributed by atoms with Crippen LogP contribution in [0.15, 0.2) is 30.5 Å². The zero-order chi connectivity index (χ0) is 14.3. The topological polar surface area (TPSA) is 8.29 Å². The molecule has 0 radical (unpaired) electrons. The number of hydrogen-bond donors (Lipinski definition) is 0. The molecule has 0 unspecified atom stereocenters. The molecule has 0 bridgehead atoms. The number of rotatable bonds is 3. The summed E-state index contributed by atoms with van der Waals surface area (Å²) in [5, 5.41) is 0. The second-order valence-electron chi connectivity index (χ2n) is 5.04. The largest absolute Gasteiger partial charge is 0.347 e. The molecule has 2 aromatic heterocycles. The first-order chi connectivity index (χ1) is 9.65. The van der Waals surface area contributed by atoms with Crippen molar-refractivity contribution < 1.29 is 4.57 Å². The van der Waals surface area contributed by atoms with Crippen molar-refractivity contribution in [2.24, 2.45) is 0 Å². The molecule has 3 rings (SSSR count). The van der Waals surface area contributed by atoms with Gasteiger partial charge < -0.3 is 0 Å². The van der Waals surface area contributed by atoms with E-state index in [0.29, 0.717) is 6.00 Å². The summed E-state index contributed by atoms with van der Waals surface area (Å²) in [5.41, 5.74) is 5.05. The minimum absolute atomic E-state index is 0.475. The number of thiazole rings is 1. The molecule has 0 N–H and O–H groups in total. The molecule has 0 spiro atoms. The van der Waals surface area contributed by atoms with E-state index in [1.54, 1.807) is 0 Å². The van der Waals surface area contributed by atoms with Crippen LogP contribution >= 0.6 is 22.9 Å². The van der Waals surface area contributed by atoms with E-state index in [1.165, 1.54) is 32.4 Å². The highest BCUT2D eigenvalue weighted by atomic mass is 35.5. The van der Waals surface area contributed by atoms with Crippen molar-refractivity contribution in [3.05, 3.63) is 46.6 Å². The van der Waals surface area contributed by atoms with Gasteiger partial charge in [0.1, 0.15) is 11.9 Å². The van der Waals surface area contributed by atoms with Crippen molar-refractivity contribution in [1.82, 2.24) is 4.40 Å². The number of imidazole rings is 1. The summed E-state index contributed by atoms with van der Waals surface area (Å²) in [5.74, 6) is 0. The van der Waals surface area contributed by atoms with E-state index in [2.05, 4.69) is 60.2 Å². The molecule has 0 fully saturated rings. The Morgan fingerprint density at radius 2 is 1.90 bits per heavy atom. The van der Waals surface area contributed by atoms with Gasteiger partial charge in [0.25, 0.3) is 0 Å². The second-order valence-corrected chi connectivity index (χ2v) is 6.46. The molecule has 0 aliphatic heterocycles. The summed E-state index contributed by atoms with van der Waals surface area (Å²) in [6.45, 7) is 6.49. The fraction of sp³-hybridized carbons (Fsp3) is 0.312. The van der Waals surface area contributed by atoms with Gasteiger partial charge in [-0.1, -0.05) is 59.7 Å². The van der Waals surface area contributed by atoms with Crippen LogP contribution in [0.3, 0.4) is 0 Å². The molecule has 104 valence electrons. The van der Waals surface area contributed by atoms with Gasteiger partial charge in [0, 0.05) is 12.0 Å². The lowest BCUT2D eigenvalue weighted by molar-refractivity contribution is -0.638. The maximum Gasteiger partial charge on any atom is 0.347 e. The monoisotopic (exact) mass is 305 g/mol. The lowest BCUT2D eigenvalue weighted by atomic mass is 10.1. The maximum atomic E-state index is 6.19. The first-order valence-corrected chi connectivity index (χ1v) is 8.17. The third kappa shape index (κ3) is 2.05. The first-order valence-electron chi connectivity index (χ1n) is 6.82. The molecule has 2 nitrogen and oxygen atoms in total. The summed E-state index contributed by atoms with van der Waals surface area (Å²) in [7, 11) is 0. The smallest absolute Gasteiger partial charge is 0.200 e. The number of aryl methyl sites for hydroxylation is 3. The highest BCUT2D eigenvalue weighted by molar-refractivity contribution is 7.16. The molecule has 4 heteroatoms. The standard InChI is InChI=1S/C16H18ClN2S/c1-4-14-12(3)20-16-18(14)9-15(19(16)10-17)13-7-5-11(2)6-8-13/h5-9H,4,10H2,1-3H3/q+1. The van der Waals surface area contributed by atoms with Crippen LogP contribution in [-0.4, -0.2) is 4.40 Å². The fourth-order valence-electron chi connectivity index (χ4n) is 2.63. The van der Waals surface area contributed by atoms with E-state index in [1.807, 2.05) is 11.3 Å². The Kier molecular flexibility index (Phi) is 3.57. The number of nitrogens with zero attached hydrogens (tertiary/aromatic N) is 2. The predicted octanol–water partition coefficient (Wildman–Crippen LogP) is 4.33. The molecule has 0 saturated heterocycles. The van der Waals surface area contributed by atoms with Gasteiger partial charge in [-0.2, -0.15) is 8.97 Å². The average molecular weight is 306 g/mol. The number of fused-ring (bicyclic) bond motifs is 1. The van der Waals surface area contributed by atoms with Crippen molar-refractivity contribution in [2.75, 3.05) is 0 Å². The molecule has 0 saturated carbocycles. The normalized spacial score (nSPS) is 11.4. The van der Waals surface area contributed by atoms with E-state index >= 15 is 0 Å². The molecule has 0 aliphatic rings. The molecule has 20 heavy (non-hydrogen) atoms. The number of alkyl halides is 1. The predicted molar refractivity (Wildman–Crippen MR) is 85.6 cm³/mol. The molecule has 0 amide bonds. The van der Waals surface area contributed by atoms with Crippen LogP contribution in [0.25, 0.3) is 16.2 Å². The van der Waals surface area contributed by atoms with Gasteiger partial charge in [-0.05, 0) is 13.8 Å². The van der Waals surface area contributed by atoms with Crippen LogP contribution in [0.2, 0.25) is 0 Å². The Morgan fingerprint density at radius 1 is 1.20 bits per heavy atom. The van der Waals surface area contributed by atoms with Crippen LogP contribution in [0.1, 0.15) is 23.1 Å². The van der Waals surface area contributed by atoms with E-state index in [-0.39, 0.29) is 0 Å². The maximum absolute atomic E-state index is 6.19. The third-order valence-electron chi connectivity index (χ3n) is 3.72. The quantitative estimate of drug-likeness (QED) is 0.503. The fourth-order valence-corrected chi connectivity index (χ4v) is 4.11. The van der Waals surface area contributed by atoms with Gasteiger partial charge in [-0.15, -0.1) is 0 Å². The average Bonchev–Trinajstić information content (AvgIpc) is 2.93. The number of benzene rings is 1. The van der Waals surface area contributed by atoms with Crippen molar-refractivity contribution in [2.45, 2.75) is 33.2 Å².